The number of piperidine rings is 1. The van der Waals surface area contributed by atoms with Crippen LogP contribution in [0.5, 0.6) is 11.5 Å². The molecule has 0 atom stereocenters. The lowest BCUT2D eigenvalue weighted by Crippen LogP contribution is -2.35. The molecule has 1 N–H and O–H groups in total. The van der Waals surface area contributed by atoms with Crippen molar-refractivity contribution in [3.8, 4) is 11.5 Å². The van der Waals surface area contributed by atoms with Crippen LogP contribution in [0, 0.1) is 0 Å². The fraction of sp³-hybridized carbons (Fsp3) is 0.381. The second-order valence-electron chi connectivity index (χ2n) is 6.74. The molecule has 0 aromatic heterocycles. The molecule has 0 spiro atoms. The summed E-state index contributed by atoms with van der Waals surface area (Å²) in [5, 5.41) is 2.78. The fourth-order valence-corrected chi connectivity index (χ4v) is 4.77. The number of carbonyl (C=O) groups excluding carboxylic acids is 1. The maximum Gasteiger partial charge on any atom is 0.255 e. The second kappa shape index (κ2) is 9.28. The van der Waals surface area contributed by atoms with Crippen molar-refractivity contribution in [2.45, 2.75) is 31.1 Å². The van der Waals surface area contributed by atoms with E-state index in [0.29, 0.717) is 42.4 Å². The largest absolute Gasteiger partial charge is 0.493 e. The van der Waals surface area contributed by atoms with Crippen molar-refractivity contribution in [2.24, 2.45) is 0 Å². The topological polar surface area (TPSA) is 84.9 Å². The van der Waals surface area contributed by atoms with Crippen LogP contribution in [0.15, 0.2) is 47.4 Å². The average Bonchev–Trinajstić information content (AvgIpc) is 2.75. The Morgan fingerprint density at radius 2 is 1.72 bits per heavy atom. The summed E-state index contributed by atoms with van der Waals surface area (Å²) >= 11 is 0. The van der Waals surface area contributed by atoms with Gasteiger partial charge in [-0.25, -0.2) is 8.42 Å². The maximum atomic E-state index is 12.7. The van der Waals surface area contributed by atoms with Gasteiger partial charge in [-0.3, -0.25) is 4.79 Å². The van der Waals surface area contributed by atoms with Crippen molar-refractivity contribution >= 4 is 21.6 Å². The summed E-state index contributed by atoms with van der Waals surface area (Å²) in [4.78, 5) is 12.8. The highest BCUT2D eigenvalue weighted by Crippen LogP contribution is 2.28. The molecule has 0 bridgehead atoms. The molecule has 3 rings (SSSR count). The standard InChI is InChI=1S/C21H26N2O5S/c1-3-28-20-15-16(7-12-19(20)27-2)21(24)22-17-8-10-18(11-9-17)29(25,26)23-13-5-4-6-14-23/h7-12,15H,3-6,13-14H2,1-2H3,(H,22,24). The predicted molar refractivity (Wildman–Crippen MR) is 111 cm³/mol. The van der Waals surface area contributed by atoms with Gasteiger partial charge >= 0.3 is 0 Å². The molecule has 156 valence electrons. The number of hydrogen-bond donors (Lipinski definition) is 1. The quantitative estimate of drug-likeness (QED) is 0.744. The Morgan fingerprint density at radius 3 is 2.34 bits per heavy atom. The minimum Gasteiger partial charge on any atom is -0.493 e. The first-order valence-corrected chi connectivity index (χ1v) is 11.1. The number of sulfonamides is 1. The zero-order chi connectivity index (χ0) is 20.9. The van der Waals surface area contributed by atoms with Gasteiger partial charge in [0.15, 0.2) is 11.5 Å². The van der Waals surface area contributed by atoms with Gasteiger partial charge in [0.25, 0.3) is 5.91 Å². The summed E-state index contributed by atoms with van der Waals surface area (Å²) in [5.74, 6) is 0.724. The van der Waals surface area contributed by atoms with Crippen molar-refractivity contribution in [2.75, 3.05) is 32.1 Å². The maximum absolute atomic E-state index is 12.7. The van der Waals surface area contributed by atoms with Gasteiger partial charge in [-0.2, -0.15) is 4.31 Å². The highest BCUT2D eigenvalue weighted by atomic mass is 32.2. The molecule has 0 unspecified atom stereocenters. The van der Waals surface area contributed by atoms with Gasteiger partial charge < -0.3 is 14.8 Å². The van der Waals surface area contributed by atoms with E-state index in [9.17, 15) is 13.2 Å². The Labute approximate surface area is 171 Å². The van der Waals surface area contributed by atoms with Gasteiger partial charge in [0.1, 0.15) is 0 Å². The molecule has 1 fully saturated rings. The summed E-state index contributed by atoms with van der Waals surface area (Å²) in [6, 6.07) is 11.2. The predicted octanol–water partition coefficient (Wildman–Crippen LogP) is 3.52. The van der Waals surface area contributed by atoms with Crippen LogP contribution in [0.3, 0.4) is 0 Å². The van der Waals surface area contributed by atoms with Crippen LogP contribution in [0.25, 0.3) is 0 Å². The van der Waals surface area contributed by atoms with Gasteiger partial charge in [-0.05, 0) is 62.2 Å². The number of methoxy groups -OCH3 is 1. The number of carbonyl (C=O) groups is 1. The zero-order valence-corrected chi connectivity index (χ0v) is 17.5. The molecule has 1 amide bonds. The minimum absolute atomic E-state index is 0.237. The number of ether oxygens (including phenoxy) is 2. The van der Waals surface area contributed by atoms with Gasteiger partial charge in [-0.1, -0.05) is 6.42 Å². The lowest BCUT2D eigenvalue weighted by molar-refractivity contribution is 0.102. The van der Waals surface area contributed by atoms with Crippen molar-refractivity contribution in [1.82, 2.24) is 4.31 Å². The molecule has 1 saturated heterocycles. The van der Waals surface area contributed by atoms with Gasteiger partial charge in [-0.15, -0.1) is 0 Å². The summed E-state index contributed by atoms with van der Waals surface area (Å²) in [5.41, 5.74) is 0.931. The highest BCUT2D eigenvalue weighted by molar-refractivity contribution is 7.89. The minimum atomic E-state index is -3.49. The van der Waals surface area contributed by atoms with E-state index in [-0.39, 0.29) is 10.8 Å². The molecule has 8 heteroatoms. The van der Waals surface area contributed by atoms with Crippen molar-refractivity contribution in [3.63, 3.8) is 0 Å². The third-order valence-electron chi connectivity index (χ3n) is 4.79. The molecule has 2 aromatic carbocycles. The van der Waals surface area contributed by atoms with Crippen LogP contribution < -0.4 is 14.8 Å². The molecule has 0 aliphatic carbocycles. The third-order valence-corrected chi connectivity index (χ3v) is 6.70. The number of rotatable bonds is 7. The van der Waals surface area contributed by atoms with E-state index < -0.39 is 10.0 Å². The molecule has 0 saturated carbocycles. The molecular formula is C21H26N2O5S. The normalized spacial score (nSPS) is 15.0. The SMILES string of the molecule is CCOc1cc(C(=O)Nc2ccc(S(=O)(=O)N3CCCCC3)cc2)ccc1OC. The number of nitrogens with one attached hydrogen (secondary N) is 1. The lowest BCUT2D eigenvalue weighted by atomic mass is 10.2. The molecular weight excluding hydrogens is 392 g/mol. The van der Waals surface area contributed by atoms with Crippen LogP contribution in [0.1, 0.15) is 36.5 Å². The van der Waals surface area contributed by atoms with Crippen molar-refractivity contribution < 1.29 is 22.7 Å². The smallest absolute Gasteiger partial charge is 0.255 e. The van der Waals surface area contributed by atoms with Crippen LogP contribution >= 0.6 is 0 Å². The third kappa shape index (κ3) is 4.89. The Bertz CT molecular complexity index is 952. The first-order valence-electron chi connectivity index (χ1n) is 9.68. The molecule has 29 heavy (non-hydrogen) atoms. The molecule has 1 heterocycles. The van der Waals surface area contributed by atoms with E-state index in [2.05, 4.69) is 5.32 Å². The number of benzene rings is 2. The second-order valence-corrected chi connectivity index (χ2v) is 8.68. The van der Waals surface area contributed by atoms with Crippen LogP contribution in [0.4, 0.5) is 5.69 Å². The molecule has 2 aromatic rings. The van der Waals surface area contributed by atoms with Crippen molar-refractivity contribution in [1.29, 1.82) is 0 Å². The summed E-state index contributed by atoms with van der Waals surface area (Å²) < 4.78 is 37.7. The van der Waals surface area contributed by atoms with E-state index in [1.807, 2.05) is 6.92 Å². The number of anilines is 1. The lowest BCUT2D eigenvalue weighted by Gasteiger charge is -2.25. The van der Waals surface area contributed by atoms with E-state index in [0.717, 1.165) is 19.3 Å². The van der Waals surface area contributed by atoms with E-state index in [1.54, 1.807) is 30.3 Å². The summed E-state index contributed by atoms with van der Waals surface area (Å²) in [6.07, 6.45) is 2.84. The molecule has 1 aliphatic heterocycles. The monoisotopic (exact) mass is 418 g/mol. The fourth-order valence-electron chi connectivity index (χ4n) is 3.25. The van der Waals surface area contributed by atoms with E-state index in [1.165, 1.54) is 23.5 Å². The Hall–Kier alpha value is -2.58. The van der Waals surface area contributed by atoms with Gasteiger partial charge in [0.05, 0.1) is 18.6 Å². The molecule has 1 aliphatic rings. The first-order chi connectivity index (χ1) is 14.0. The summed E-state index contributed by atoms with van der Waals surface area (Å²) in [6.45, 7) is 3.42. The molecule has 0 radical (unpaired) electrons. The van der Waals surface area contributed by atoms with E-state index in [4.69, 9.17) is 9.47 Å². The zero-order valence-electron chi connectivity index (χ0n) is 16.7. The number of hydrogen-bond acceptors (Lipinski definition) is 5. The number of nitrogens with zero attached hydrogens (tertiary/aromatic N) is 1. The van der Waals surface area contributed by atoms with Gasteiger partial charge in [0, 0.05) is 24.3 Å². The van der Waals surface area contributed by atoms with Crippen LogP contribution in [-0.2, 0) is 10.0 Å². The average molecular weight is 419 g/mol. The first kappa shape index (κ1) is 21.1. The Balaban J connectivity index is 1.72. The highest BCUT2D eigenvalue weighted by Gasteiger charge is 2.25. The Kier molecular flexibility index (Phi) is 6.76. The van der Waals surface area contributed by atoms with E-state index >= 15 is 0 Å². The molecule has 7 nitrogen and oxygen atoms in total. The summed E-state index contributed by atoms with van der Waals surface area (Å²) in [7, 11) is -1.95. The van der Waals surface area contributed by atoms with Crippen molar-refractivity contribution in [3.05, 3.63) is 48.0 Å². The Morgan fingerprint density at radius 1 is 1.03 bits per heavy atom. The van der Waals surface area contributed by atoms with Crippen LogP contribution in [0.2, 0.25) is 0 Å². The van der Waals surface area contributed by atoms with Gasteiger partial charge in [0.2, 0.25) is 10.0 Å². The number of amides is 1. The van der Waals surface area contributed by atoms with Crippen LogP contribution in [-0.4, -0.2) is 45.4 Å².